The van der Waals surface area contributed by atoms with Crippen molar-refractivity contribution in [2.45, 2.75) is 25.9 Å². The fourth-order valence-electron chi connectivity index (χ4n) is 2.60. The van der Waals surface area contributed by atoms with Gasteiger partial charge in [-0.05, 0) is 12.5 Å². The molecule has 3 rings (SSSR count). The van der Waals surface area contributed by atoms with Crippen LogP contribution in [0.4, 0.5) is 4.39 Å². The molecular weight excluding hydrogens is 329 g/mol. The zero-order valence-corrected chi connectivity index (χ0v) is 13.7. The number of aromatic nitrogens is 5. The predicted molar refractivity (Wildman–Crippen MR) is 86.4 cm³/mol. The van der Waals surface area contributed by atoms with Crippen LogP contribution >= 0.6 is 0 Å². The topological polar surface area (TPSA) is 91.9 Å². The monoisotopic (exact) mass is 345 g/mol. The summed E-state index contributed by atoms with van der Waals surface area (Å²) in [6, 6.07) is 5.48. The summed E-state index contributed by atoms with van der Waals surface area (Å²) in [5.41, 5.74) is 0.147. The van der Waals surface area contributed by atoms with Crippen LogP contribution < -0.4 is 5.56 Å². The molecule has 0 radical (unpaired) electrons. The first-order chi connectivity index (χ1) is 12.1. The number of rotatable bonds is 5. The molecular formula is C16H16FN5O3. The molecule has 0 aliphatic carbocycles. The average Bonchev–Trinajstić information content (AvgIpc) is 3.03. The predicted octanol–water partition coefficient (Wildman–Crippen LogP) is 1.30. The van der Waals surface area contributed by atoms with Crippen molar-refractivity contribution in [1.82, 2.24) is 24.5 Å². The average molecular weight is 345 g/mol. The van der Waals surface area contributed by atoms with Gasteiger partial charge in [-0.2, -0.15) is 0 Å². The first-order valence-corrected chi connectivity index (χ1v) is 7.68. The Labute approximate surface area is 141 Å². The second-order valence-electron chi connectivity index (χ2n) is 5.41. The third kappa shape index (κ3) is 3.00. The van der Waals surface area contributed by atoms with Crippen LogP contribution in [0.2, 0.25) is 0 Å². The summed E-state index contributed by atoms with van der Waals surface area (Å²) in [6.07, 6.45) is 1.63. The van der Waals surface area contributed by atoms with Gasteiger partial charge in [-0.25, -0.2) is 18.9 Å². The maximum atomic E-state index is 13.8. The van der Waals surface area contributed by atoms with E-state index in [1.165, 1.54) is 28.8 Å². The number of hydrogen-bond acceptors (Lipinski definition) is 6. The fourth-order valence-corrected chi connectivity index (χ4v) is 2.60. The molecule has 0 unspecified atom stereocenters. The maximum absolute atomic E-state index is 13.8. The summed E-state index contributed by atoms with van der Waals surface area (Å²) in [6.45, 7) is 1.85. The van der Waals surface area contributed by atoms with E-state index in [4.69, 9.17) is 4.74 Å². The highest BCUT2D eigenvalue weighted by Crippen LogP contribution is 2.14. The lowest BCUT2D eigenvalue weighted by Gasteiger charge is -2.14. The van der Waals surface area contributed by atoms with Crippen LogP contribution in [0, 0.1) is 5.82 Å². The van der Waals surface area contributed by atoms with E-state index in [0.29, 0.717) is 12.0 Å². The number of benzene rings is 1. The van der Waals surface area contributed by atoms with Gasteiger partial charge in [0.25, 0.3) is 5.56 Å². The van der Waals surface area contributed by atoms with E-state index in [0.717, 1.165) is 0 Å². The van der Waals surface area contributed by atoms with Gasteiger partial charge >= 0.3 is 5.97 Å². The third-order valence-electron chi connectivity index (χ3n) is 3.92. The largest absolute Gasteiger partial charge is 0.467 e. The van der Waals surface area contributed by atoms with Crippen molar-refractivity contribution >= 4 is 17.1 Å². The van der Waals surface area contributed by atoms with E-state index in [2.05, 4.69) is 15.3 Å². The van der Waals surface area contributed by atoms with E-state index >= 15 is 0 Å². The van der Waals surface area contributed by atoms with Crippen molar-refractivity contribution < 1.29 is 13.9 Å². The van der Waals surface area contributed by atoms with E-state index in [1.807, 2.05) is 0 Å². The highest BCUT2D eigenvalue weighted by molar-refractivity contribution is 5.75. The van der Waals surface area contributed by atoms with Gasteiger partial charge in [-0.15, -0.1) is 5.10 Å². The van der Waals surface area contributed by atoms with Gasteiger partial charge in [0, 0.05) is 5.56 Å². The molecule has 130 valence electrons. The number of methoxy groups -OCH3 is 1. The van der Waals surface area contributed by atoms with Crippen LogP contribution in [-0.2, 0) is 16.1 Å². The summed E-state index contributed by atoms with van der Waals surface area (Å²) in [5.74, 6) is -0.916. The van der Waals surface area contributed by atoms with E-state index < -0.39 is 17.6 Å². The molecule has 0 aliphatic rings. The molecule has 9 heteroatoms. The normalized spacial score (nSPS) is 12.3. The summed E-state index contributed by atoms with van der Waals surface area (Å²) in [5, 5.41) is 7.74. The van der Waals surface area contributed by atoms with Crippen molar-refractivity contribution in [3.05, 3.63) is 52.3 Å². The van der Waals surface area contributed by atoms with Crippen LogP contribution in [0.25, 0.3) is 11.2 Å². The second-order valence-corrected chi connectivity index (χ2v) is 5.41. The Morgan fingerprint density at radius 2 is 2.12 bits per heavy atom. The molecule has 1 aromatic carbocycles. The Morgan fingerprint density at radius 1 is 1.36 bits per heavy atom. The summed E-state index contributed by atoms with van der Waals surface area (Å²) in [7, 11) is 1.26. The highest BCUT2D eigenvalue weighted by Gasteiger charge is 2.23. The van der Waals surface area contributed by atoms with Gasteiger partial charge in [0.15, 0.2) is 11.2 Å². The van der Waals surface area contributed by atoms with Crippen LogP contribution in [0.3, 0.4) is 0 Å². The molecule has 0 amide bonds. The van der Waals surface area contributed by atoms with Crippen LogP contribution in [0.15, 0.2) is 35.4 Å². The van der Waals surface area contributed by atoms with Crippen molar-refractivity contribution in [2.75, 3.05) is 7.11 Å². The molecule has 0 spiro atoms. The molecule has 0 fully saturated rings. The molecule has 2 heterocycles. The zero-order valence-electron chi connectivity index (χ0n) is 13.7. The number of nitrogens with zero attached hydrogens (tertiary/aromatic N) is 5. The number of carbonyl (C=O) groups excluding carboxylic acids is 1. The van der Waals surface area contributed by atoms with Crippen molar-refractivity contribution in [3.63, 3.8) is 0 Å². The Kier molecular flexibility index (Phi) is 4.55. The maximum Gasteiger partial charge on any atom is 0.329 e. The summed E-state index contributed by atoms with van der Waals surface area (Å²) in [4.78, 5) is 28.6. The molecule has 0 saturated heterocycles. The SMILES string of the molecule is CC[C@H](C(=O)OC)n1cnc2c(nnn2Cc2ccccc2F)c1=O. The van der Waals surface area contributed by atoms with Gasteiger partial charge in [0.1, 0.15) is 18.2 Å². The summed E-state index contributed by atoms with van der Waals surface area (Å²) >= 11 is 0. The lowest BCUT2D eigenvalue weighted by atomic mass is 10.2. The number of ether oxygens (including phenoxy) is 1. The molecule has 25 heavy (non-hydrogen) atoms. The minimum atomic E-state index is -0.786. The van der Waals surface area contributed by atoms with Crippen molar-refractivity contribution in [1.29, 1.82) is 0 Å². The lowest BCUT2D eigenvalue weighted by Crippen LogP contribution is -2.30. The Morgan fingerprint density at radius 3 is 2.80 bits per heavy atom. The molecule has 3 aromatic rings. The van der Waals surface area contributed by atoms with Gasteiger partial charge in [0.05, 0.1) is 13.7 Å². The number of halogens is 1. The molecule has 8 nitrogen and oxygen atoms in total. The Bertz CT molecular complexity index is 981. The second kappa shape index (κ2) is 6.80. The van der Waals surface area contributed by atoms with E-state index in [1.54, 1.807) is 25.1 Å². The summed E-state index contributed by atoms with van der Waals surface area (Å²) < 4.78 is 21.0. The van der Waals surface area contributed by atoms with Crippen molar-refractivity contribution in [3.8, 4) is 0 Å². The van der Waals surface area contributed by atoms with Crippen LogP contribution in [0.1, 0.15) is 24.9 Å². The van der Waals surface area contributed by atoms with Gasteiger partial charge < -0.3 is 4.74 Å². The van der Waals surface area contributed by atoms with Gasteiger partial charge in [0.2, 0.25) is 0 Å². The molecule has 0 N–H and O–H groups in total. The molecule has 0 saturated carbocycles. The smallest absolute Gasteiger partial charge is 0.329 e. The standard InChI is InChI=1S/C16H16FN5O3/c1-3-12(16(24)25-2)21-9-18-14-13(15(21)23)19-20-22(14)8-10-6-4-5-7-11(10)17/h4-7,9,12H,3,8H2,1-2H3/t12-/m1/s1. The Balaban J connectivity index is 2.04. The molecule has 0 bridgehead atoms. The minimum absolute atomic E-state index is 0.0150. The van der Waals surface area contributed by atoms with Crippen molar-refractivity contribution in [2.24, 2.45) is 0 Å². The van der Waals surface area contributed by atoms with E-state index in [-0.39, 0.29) is 23.5 Å². The minimum Gasteiger partial charge on any atom is -0.467 e. The first kappa shape index (κ1) is 16.7. The first-order valence-electron chi connectivity index (χ1n) is 7.68. The Hall–Kier alpha value is -3.10. The number of fused-ring (bicyclic) bond motifs is 1. The lowest BCUT2D eigenvalue weighted by molar-refractivity contribution is -0.144. The number of carbonyl (C=O) groups is 1. The van der Waals surface area contributed by atoms with Gasteiger partial charge in [-0.3, -0.25) is 9.36 Å². The van der Waals surface area contributed by atoms with Crippen LogP contribution in [-0.4, -0.2) is 37.6 Å². The molecule has 0 aliphatic heterocycles. The molecule has 1 atom stereocenters. The number of esters is 1. The molecule has 2 aromatic heterocycles. The third-order valence-corrected chi connectivity index (χ3v) is 3.92. The highest BCUT2D eigenvalue weighted by atomic mass is 19.1. The van der Waals surface area contributed by atoms with E-state index in [9.17, 15) is 14.0 Å². The number of hydrogen-bond donors (Lipinski definition) is 0. The zero-order chi connectivity index (χ0) is 18.0. The quantitative estimate of drug-likeness (QED) is 0.647. The van der Waals surface area contributed by atoms with Gasteiger partial charge in [-0.1, -0.05) is 30.3 Å². The van der Waals surface area contributed by atoms with Crippen LogP contribution in [0.5, 0.6) is 0 Å². The fraction of sp³-hybridized carbons (Fsp3) is 0.312.